The van der Waals surface area contributed by atoms with Crippen LogP contribution in [0.25, 0.3) is 0 Å². The molecule has 4 rings (SSSR count). The van der Waals surface area contributed by atoms with Crippen molar-refractivity contribution < 1.29 is 61.8 Å². The number of aryl methyl sites for hydroxylation is 1. The molecule has 0 radical (unpaired) electrons. The fourth-order valence-electron chi connectivity index (χ4n) is 5.89. The summed E-state index contributed by atoms with van der Waals surface area (Å²) in [5.41, 5.74) is 2.10. The van der Waals surface area contributed by atoms with E-state index in [1.165, 1.54) is 57.7 Å². The Bertz CT molecular complexity index is 1740. The van der Waals surface area contributed by atoms with Crippen molar-refractivity contribution in [1.29, 1.82) is 0 Å². The van der Waals surface area contributed by atoms with Crippen molar-refractivity contribution in [1.82, 2.24) is 5.32 Å². The molecule has 1 fully saturated rings. The number of carboxylic acid groups (broad SMARTS) is 1. The minimum Gasteiger partial charge on any atom is -0.495 e. The fraction of sp³-hybridized carbons (Fsp3) is 0.389. The Hall–Kier alpha value is -5.05. The van der Waals surface area contributed by atoms with Gasteiger partial charge in [0.2, 0.25) is 0 Å². The highest BCUT2D eigenvalue weighted by molar-refractivity contribution is 6.11. The lowest BCUT2D eigenvalue weighted by atomic mass is 9.96. The van der Waals surface area contributed by atoms with Gasteiger partial charge in [-0.1, -0.05) is 16.8 Å². The molecule has 13 nitrogen and oxygen atoms in total. The molecule has 50 heavy (non-hydrogen) atoms. The van der Waals surface area contributed by atoms with Crippen LogP contribution in [-0.4, -0.2) is 82.4 Å². The van der Waals surface area contributed by atoms with E-state index in [0.29, 0.717) is 41.7 Å². The molecular formula is C36H41FN2O11. The molecule has 1 aliphatic heterocycles. The van der Waals surface area contributed by atoms with E-state index in [0.717, 1.165) is 5.56 Å². The zero-order valence-corrected chi connectivity index (χ0v) is 28.9. The minimum absolute atomic E-state index is 0.0106. The van der Waals surface area contributed by atoms with Gasteiger partial charge in [-0.15, -0.1) is 0 Å². The summed E-state index contributed by atoms with van der Waals surface area (Å²) in [5.74, 6) is -2.76. The predicted molar refractivity (Wildman–Crippen MR) is 174 cm³/mol. The second-order valence-corrected chi connectivity index (χ2v) is 11.9. The number of carbonyl (C=O) groups is 4. The molecule has 3 aromatic carbocycles. The normalized spacial score (nSPS) is 17.3. The molecular weight excluding hydrogens is 655 g/mol. The molecule has 1 heterocycles. The first-order valence-electron chi connectivity index (χ1n) is 15.9. The first-order valence-corrected chi connectivity index (χ1v) is 15.9. The number of hydrogen-bond donors (Lipinski definition) is 1. The molecule has 268 valence electrons. The van der Waals surface area contributed by atoms with Gasteiger partial charge < -0.3 is 38.9 Å². The van der Waals surface area contributed by atoms with E-state index in [-0.39, 0.29) is 49.3 Å². The van der Waals surface area contributed by atoms with E-state index in [2.05, 4.69) is 5.32 Å². The van der Waals surface area contributed by atoms with Gasteiger partial charge in [0.05, 0.1) is 18.7 Å². The summed E-state index contributed by atoms with van der Waals surface area (Å²) in [6.07, 6.45) is -0.268. The lowest BCUT2D eigenvalue weighted by molar-refractivity contribution is -1.04. The van der Waals surface area contributed by atoms with Crippen LogP contribution in [0, 0.1) is 26.6 Å². The number of carbonyl (C=O) groups excluding carboxylic acids is 4. The Kier molecular flexibility index (Phi) is 12.5. The lowest BCUT2D eigenvalue weighted by Gasteiger charge is -2.34. The summed E-state index contributed by atoms with van der Waals surface area (Å²) < 4.78 is 39.9. The van der Waals surface area contributed by atoms with Crippen molar-refractivity contribution >= 4 is 23.8 Å². The van der Waals surface area contributed by atoms with Crippen molar-refractivity contribution in [2.45, 2.75) is 46.1 Å². The molecule has 0 bridgehead atoms. The molecule has 1 saturated heterocycles. The Morgan fingerprint density at radius 3 is 2.08 bits per heavy atom. The summed E-state index contributed by atoms with van der Waals surface area (Å²) in [7, 11) is 4.14. The standard InChI is InChI=1S/C36H41FN2O11/c1-21-17-29(49-20-46-5)22(2)23(3)30(21)34(41)38-26-9-7-8-16-39(18-26,36(43)44)50-35(42)25-12-10-24(11-13-25)33(40)31-27(48-19-45-4)14-15-28(47-6)32(31)37/h10-15,17,26H,7-9,16,18-20H2,1-6H3,(H-,38,41,43,44). The average Bonchev–Trinajstić information content (AvgIpc) is 3.30. The number of methoxy groups -OCH3 is 3. The summed E-state index contributed by atoms with van der Waals surface area (Å²) in [6, 6.07) is 8.85. The third-order valence-electron chi connectivity index (χ3n) is 8.60. The number of likely N-dealkylation sites (tertiary alicyclic amines) is 1. The van der Waals surface area contributed by atoms with E-state index in [9.17, 15) is 24.3 Å². The van der Waals surface area contributed by atoms with Gasteiger partial charge in [-0.25, -0.2) is 9.18 Å². The number of benzene rings is 3. The summed E-state index contributed by atoms with van der Waals surface area (Å²) >= 11 is 0. The molecule has 2 atom stereocenters. The van der Waals surface area contributed by atoms with Crippen molar-refractivity contribution in [3.8, 4) is 17.2 Å². The molecule has 1 aliphatic rings. The van der Waals surface area contributed by atoms with Gasteiger partial charge in [0.15, 0.2) is 30.9 Å². The Morgan fingerprint density at radius 1 is 0.840 bits per heavy atom. The Balaban J connectivity index is 1.53. The zero-order valence-electron chi connectivity index (χ0n) is 28.9. The number of ketones is 1. The number of halogens is 1. The molecule has 0 saturated carbocycles. The van der Waals surface area contributed by atoms with Crippen LogP contribution in [0.3, 0.4) is 0 Å². The third kappa shape index (κ3) is 8.21. The molecule has 0 aromatic heterocycles. The van der Waals surface area contributed by atoms with Gasteiger partial charge in [-0.05, 0) is 80.6 Å². The predicted octanol–water partition coefficient (Wildman–Crippen LogP) is 4.17. The molecule has 2 unspecified atom stereocenters. The quantitative estimate of drug-likeness (QED) is 0.165. The van der Waals surface area contributed by atoms with Crippen LogP contribution in [0.2, 0.25) is 0 Å². The number of hydroxylamine groups is 3. The average molecular weight is 697 g/mol. The van der Waals surface area contributed by atoms with E-state index in [4.69, 9.17) is 28.5 Å². The first-order chi connectivity index (χ1) is 23.9. The SMILES string of the molecule is COCOc1cc(C)c(C(=O)NC2CCCC[N+](OC(=O)c3ccc(C(=O)c4c(OCOC)ccc(OC)c4F)cc3)(C(=O)[O-])C2)c(C)c1C. The van der Waals surface area contributed by atoms with Crippen LogP contribution in [0.15, 0.2) is 42.5 Å². The number of ether oxygens (including phenoxy) is 5. The van der Waals surface area contributed by atoms with E-state index in [1.54, 1.807) is 19.9 Å². The fourth-order valence-corrected chi connectivity index (χ4v) is 5.89. The highest BCUT2D eigenvalue weighted by atomic mass is 19.1. The number of nitrogens with one attached hydrogen (secondary N) is 1. The Labute approximate surface area is 289 Å². The van der Waals surface area contributed by atoms with Crippen LogP contribution >= 0.6 is 0 Å². The van der Waals surface area contributed by atoms with Crippen molar-refractivity contribution in [3.63, 3.8) is 0 Å². The number of hydrogen-bond acceptors (Lipinski definition) is 11. The monoisotopic (exact) mass is 696 g/mol. The van der Waals surface area contributed by atoms with Crippen LogP contribution in [0.1, 0.15) is 72.6 Å². The largest absolute Gasteiger partial charge is 0.495 e. The highest BCUT2D eigenvalue weighted by Crippen LogP contribution is 2.32. The van der Waals surface area contributed by atoms with Crippen molar-refractivity contribution in [2.24, 2.45) is 0 Å². The van der Waals surface area contributed by atoms with E-state index < -0.39 is 45.8 Å². The van der Waals surface area contributed by atoms with Gasteiger partial charge >= 0.3 is 12.1 Å². The topological polar surface area (TPSA) is 159 Å². The third-order valence-corrected chi connectivity index (χ3v) is 8.60. The first kappa shape index (κ1) is 37.8. The molecule has 1 N–H and O–H groups in total. The van der Waals surface area contributed by atoms with E-state index in [1.807, 2.05) is 6.92 Å². The molecule has 14 heteroatoms. The smallest absolute Gasteiger partial charge is 0.398 e. The van der Waals surface area contributed by atoms with Gasteiger partial charge in [-0.2, -0.15) is 0 Å². The van der Waals surface area contributed by atoms with Crippen LogP contribution < -0.4 is 24.6 Å². The summed E-state index contributed by atoms with van der Waals surface area (Å²) in [5, 5.41) is 15.5. The maximum absolute atomic E-state index is 15.2. The summed E-state index contributed by atoms with van der Waals surface area (Å²) in [4.78, 5) is 58.5. The van der Waals surface area contributed by atoms with Crippen LogP contribution in [-0.2, 0) is 14.3 Å². The number of nitrogens with zero attached hydrogens (tertiary/aromatic N) is 1. The lowest BCUT2D eigenvalue weighted by Crippen LogP contribution is -2.63. The van der Waals surface area contributed by atoms with Crippen LogP contribution in [0.5, 0.6) is 17.2 Å². The summed E-state index contributed by atoms with van der Waals surface area (Å²) in [6.45, 7) is 4.85. The van der Waals surface area contributed by atoms with Crippen LogP contribution in [0.4, 0.5) is 9.18 Å². The molecule has 3 aromatic rings. The number of amides is 2. The maximum atomic E-state index is 15.2. The van der Waals surface area contributed by atoms with Crippen molar-refractivity contribution in [2.75, 3.05) is 48.0 Å². The second-order valence-electron chi connectivity index (χ2n) is 11.9. The second kappa shape index (κ2) is 16.6. The maximum Gasteiger partial charge on any atom is 0.398 e. The zero-order chi connectivity index (χ0) is 36.6. The van der Waals surface area contributed by atoms with Gasteiger partial charge in [-0.3, -0.25) is 14.4 Å². The molecule has 0 aliphatic carbocycles. The Morgan fingerprint density at radius 2 is 1.46 bits per heavy atom. The van der Waals surface area contributed by atoms with E-state index >= 15 is 4.39 Å². The van der Waals surface area contributed by atoms with Gasteiger partial charge in [0, 0.05) is 31.8 Å². The number of rotatable bonds is 12. The molecule has 2 amide bonds. The minimum atomic E-state index is -1.65. The van der Waals surface area contributed by atoms with Gasteiger partial charge in [0.25, 0.3) is 5.91 Å². The molecule has 0 spiro atoms. The van der Waals surface area contributed by atoms with Crippen molar-refractivity contribution in [3.05, 3.63) is 87.2 Å². The number of quaternary nitrogens is 1. The highest BCUT2D eigenvalue weighted by Gasteiger charge is 2.42. The van der Waals surface area contributed by atoms with Gasteiger partial charge in [0.1, 0.15) is 30.2 Å².